The summed E-state index contributed by atoms with van der Waals surface area (Å²) in [6, 6.07) is 43.8. The first kappa shape index (κ1) is 33.7. The lowest BCUT2D eigenvalue weighted by atomic mass is 9.83. The van der Waals surface area contributed by atoms with Crippen LogP contribution in [0.15, 0.2) is 170 Å². The summed E-state index contributed by atoms with van der Waals surface area (Å²) in [6.45, 7) is 14.5. The van der Waals surface area contributed by atoms with Gasteiger partial charge >= 0.3 is 0 Å². The molecular formula is C58H53N3O. The molecule has 0 aliphatic heterocycles. The van der Waals surface area contributed by atoms with E-state index in [1.807, 2.05) is 50.2 Å². The second-order valence-corrected chi connectivity index (χ2v) is 17.2. The van der Waals surface area contributed by atoms with Gasteiger partial charge in [0.25, 0.3) is 0 Å². The molecule has 7 aromatic carbocycles. The average molecular weight is 814 g/mol. The van der Waals surface area contributed by atoms with E-state index in [2.05, 4.69) is 124 Å². The van der Waals surface area contributed by atoms with Gasteiger partial charge in [-0.25, -0.2) is 4.98 Å². The zero-order valence-electron chi connectivity index (χ0n) is 42.5. The molecule has 0 unspecified atom stereocenters. The van der Waals surface area contributed by atoms with Gasteiger partial charge in [0.1, 0.15) is 11.6 Å². The fourth-order valence-corrected chi connectivity index (χ4v) is 8.54. The summed E-state index contributed by atoms with van der Waals surface area (Å²) in [6.07, 6.45) is 1.63. The van der Waals surface area contributed by atoms with Crippen LogP contribution in [0, 0.1) is 13.8 Å². The Labute approximate surface area is 375 Å². The third kappa shape index (κ3) is 7.62. The van der Waals surface area contributed by atoms with Gasteiger partial charge in [0.05, 0.1) is 41.9 Å². The number of pyridine rings is 1. The third-order valence-corrected chi connectivity index (χ3v) is 11.6. The van der Waals surface area contributed by atoms with E-state index in [1.165, 1.54) is 0 Å². The van der Waals surface area contributed by atoms with Crippen LogP contribution in [0.25, 0.3) is 83.9 Å². The Morgan fingerprint density at radius 3 is 2.00 bits per heavy atom. The zero-order valence-corrected chi connectivity index (χ0v) is 36.5. The smallest absolute Gasteiger partial charge is 0.149 e. The first-order chi connectivity index (χ1) is 32.3. The number of hydrogen-bond donors (Lipinski definition) is 0. The van der Waals surface area contributed by atoms with Crippen LogP contribution >= 0.6 is 0 Å². The van der Waals surface area contributed by atoms with E-state index in [4.69, 9.17) is 21.6 Å². The highest BCUT2D eigenvalue weighted by Crippen LogP contribution is 2.45. The molecule has 0 aliphatic rings. The van der Waals surface area contributed by atoms with Gasteiger partial charge < -0.3 is 4.74 Å². The number of rotatable bonds is 9. The molecule has 0 spiro atoms. The molecule has 0 aliphatic carbocycles. The molecule has 9 aromatic rings. The lowest BCUT2D eigenvalue weighted by Crippen LogP contribution is -2.11. The van der Waals surface area contributed by atoms with Crippen LogP contribution in [0.5, 0.6) is 5.75 Å². The monoisotopic (exact) mass is 813 g/mol. The number of fused-ring (bicyclic) bond motifs is 1. The topological polar surface area (TPSA) is 39.9 Å². The Morgan fingerprint density at radius 2 is 1.32 bits per heavy atom. The summed E-state index contributed by atoms with van der Waals surface area (Å²) in [5.74, 6) is 0.491. The number of methoxy groups -OCH3 is 1. The minimum absolute atomic E-state index is 0.126. The van der Waals surface area contributed by atoms with E-state index < -0.39 is 11.9 Å². The standard InChI is InChI=1S/C58H53N3O/c1-37(2)48-35-50(42-23-16-11-17-24-42)54(36-49(48)41-21-14-10-15-22-41)61-53-26-18-25-47(55(53)60-57(61)51-30-38(3)29-39(4)56(51)62-8)44-31-45(33-46(32-44)58(5,6)7)52-34-43(27-28-59-52)40-19-12-9-13-20-40/h9-37H,1-8H3/i9D,12D,13D,19D,20D,37D. The predicted molar refractivity (Wildman–Crippen MR) is 260 cm³/mol. The molecule has 9 rings (SSSR count). The van der Waals surface area contributed by atoms with Crippen molar-refractivity contribution in [3.63, 3.8) is 0 Å². The van der Waals surface area contributed by atoms with Crippen LogP contribution in [0.1, 0.15) is 71.0 Å². The van der Waals surface area contributed by atoms with Gasteiger partial charge in [-0.3, -0.25) is 9.55 Å². The van der Waals surface area contributed by atoms with Crippen LogP contribution < -0.4 is 4.74 Å². The van der Waals surface area contributed by atoms with E-state index in [0.717, 1.165) is 89.2 Å². The van der Waals surface area contributed by atoms with Crippen LogP contribution in [0.4, 0.5) is 0 Å². The molecule has 4 heteroatoms. The second kappa shape index (κ2) is 16.4. The van der Waals surface area contributed by atoms with Gasteiger partial charge in [-0.15, -0.1) is 0 Å². The lowest BCUT2D eigenvalue weighted by molar-refractivity contribution is 0.413. The molecule has 0 bridgehead atoms. The van der Waals surface area contributed by atoms with Crippen LogP contribution in [-0.4, -0.2) is 21.6 Å². The highest BCUT2D eigenvalue weighted by molar-refractivity contribution is 5.98. The molecule has 0 N–H and O–H groups in total. The van der Waals surface area contributed by atoms with E-state index in [9.17, 15) is 1.37 Å². The summed E-state index contributed by atoms with van der Waals surface area (Å²) < 4.78 is 60.2. The number of ether oxygens (including phenoxy) is 1. The van der Waals surface area contributed by atoms with Gasteiger partial charge in [-0.1, -0.05) is 150 Å². The van der Waals surface area contributed by atoms with Crippen molar-refractivity contribution in [2.75, 3.05) is 7.11 Å². The number of hydrogen-bond acceptors (Lipinski definition) is 3. The predicted octanol–water partition coefficient (Wildman–Crippen LogP) is 15.5. The van der Waals surface area contributed by atoms with Crippen molar-refractivity contribution in [1.29, 1.82) is 0 Å². The van der Waals surface area contributed by atoms with Crippen molar-refractivity contribution in [3.8, 4) is 78.6 Å². The van der Waals surface area contributed by atoms with E-state index in [-0.39, 0.29) is 35.1 Å². The van der Waals surface area contributed by atoms with Crippen molar-refractivity contribution in [2.24, 2.45) is 0 Å². The van der Waals surface area contributed by atoms with Gasteiger partial charge in [-0.2, -0.15) is 0 Å². The molecule has 0 saturated carbocycles. The number of para-hydroxylation sites is 1. The Hall–Kier alpha value is -7.04. The van der Waals surface area contributed by atoms with Crippen LogP contribution in [0.2, 0.25) is 0 Å². The molecule has 2 heterocycles. The summed E-state index contributed by atoms with van der Waals surface area (Å²) >= 11 is 0. The number of imidazole rings is 1. The van der Waals surface area contributed by atoms with E-state index in [1.54, 1.807) is 25.4 Å². The van der Waals surface area contributed by atoms with Gasteiger partial charge in [0.15, 0.2) is 0 Å². The molecule has 62 heavy (non-hydrogen) atoms. The quantitative estimate of drug-likeness (QED) is 0.146. The Kier molecular flexibility index (Phi) is 8.92. The average Bonchev–Trinajstić information content (AvgIpc) is 3.72. The van der Waals surface area contributed by atoms with Crippen molar-refractivity contribution in [3.05, 3.63) is 192 Å². The molecular weight excluding hydrogens is 755 g/mol. The molecule has 0 saturated heterocycles. The third-order valence-electron chi connectivity index (χ3n) is 11.6. The van der Waals surface area contributed by atoms with Crippen LogP contribution in [0.3, 0.4) is 0 Å². The fraction of sp³-hybridized carbons (Fsp3) is 0.172. The maximum Gasteiger partial charge on any atom is 0.149 e. The highest BCUT2D eigenvalue weighted by Gasteiger charge is 2.26. The van der Waals surface area contributed by atoms with Crippen molar-refractivity contribution in [1.82, 2.24) is 14.5 Å². The van der Waals surface area contributed by atoms with Crippen molar-refractivity contribution >= 4 is 11.0 Å². The van der Waals surface area contributed by atoms with E-state index >= 15 is 0 Å². The molecule has 0 amide bonds. The second-order valence-electron chi connectivity index (χ2n) is 17.2. The Morgan fingerprint density at radius 1 is 0.629 bits per heavy atom. The Bertz CT molecular complexity index is 3390. The molecule has 4 nitrogen and oxygen atoms in total. The van der Waals surface area contributed by atoms with Crippen molar-refractivity contribution in [2.45, 2.75) is 59.8 Å². The number of nitrogens with zero attached hydrogens (tertiary/aromatic N) is 3. The fourth-order valence-electron chi connectivity index (χ4n) is 8.54. The zero-order chi connectivity index (χ0) is 48.4. The van der Waals surface area contributed by atoms with E-state index in [0.29, 0.717) is 17.1 Å². The maximum absolute atomic E-state index is 9.46. The normalized spacial score (nSPS) is 13.2. The maximum atomic E-state index is 9.46. The molecule has 2 aromatic heterocycles. The van der Waals surface area contributed by atoms with Crippen LogP contribution in [-0.2, 0) is 5.41 Å². The summed E-state index contributed by atoms with van der Waals surface area (Å²) in [5.41, 5.74) is 14.9. The number of aryl methyl sites for hydroxylation is 2. The van der Waals surface area contributed by atoms with Gasteiger partial charge in [0.2, 0.25) is 0 Å². The van der Waals surface area contributed by atoms with Gasteiger partial charge in [-0.05, 0) is 129 Å². The van der Waals surface area contributed by atoms with Crippen molar-refractivity contribution < 1.29 is 13.0 Å². The molecule has 0 atom stereocenters. The highest BCUT2D eigenvalue weighted by atomic mass is 16.5. The minimum atomic E-state index is -0.935. The summed E-state index contributed by atoms with van der Waals surface area (Å²) in [4.78, 5) is 10.5. The largest absolute Gasteiger partial charge is 0.496 e. The summed E-state index contributed by atoms with van der Waals surface area (Å²) in [7, 11) is 1.70. The number of benzene rings is 7. The molecule has 306 valence electrons. The van der Waals surface area contributed by atoms with Gasteiger partial charge in [0, 0.05) is 24.3 Å². The lowest BCUT2D eigenvalue weighted by Gasteiger charge is -2.22. The minimum Gasteiger partial charge on any atom is -0.496 e. The first-order valence-electron chi connectivity index (χ1n) is 24.0. The number of aromatic nitrogens is 3. The molecule has 0 fully saturated rings. The Balaban J connectivity index is 1.37. The first-order valence-corrected chi connectivity index (χ1v) is 21.0. The molecule has 0 radical (unpaired) electrons. The summed E-state index contributed by atoms with van der Waals surface area (Å²) in [5, 5.41) is 0. The SMILES string of the molecule is [2H]c1c([2H])c([2H])c(-c2ccnc(-c3cc(-c4cccc5c4nc(-c4cc(C)cc(C)c4OC)n5-c4cc(-c5ccccc5)c(C([2H])(C)C)cc4-c4ccccc4)cc(C(C)(C)C)c3)c2)c([2H])c1[2H].